The van der Waals surface area contributed by atoms with Crippen LogP contribution in [0.25, 0.3) is 0 Å². The summed E-state index contributed by atoms with van der Waals surface area (Å²) in [5.74, 6) is -1.21. The Kier molecular flexibility index (Phi) is 5.18. The molecule has 0 nitrogen and oxygen atoms in total. The average Bonchev–Trinajstić information content (AvgIpc) is 2.63. The van der Waals surface area contributed by atoms with E-state index in [1.165, 1.54) is 31.7 Å². The molecule has 0 aliphatic heterocycles. The van der Waals surface area contributed by atoms with Gasteiger partial charge < -0.3 is 0 Å². The Morgan fingerprint density at radius 2 is 1.56 bits per heavy atom. The monoisotopic (exact) mass is 352 g/mol. The van der Waals surface area contributed by atoms with Crippen molar-refractivity contribution in [2.24, 2.45) is 23.7 Å². The number of benzene rings is 1. The highest BCUT2D eigenvalue weighted by atomic mass is 19.2. The minimum atomic E-state index is -1.58. The Bertz CT molecular complexity index is 665. The molecule has 0 heterocycles. The van der Waals surface area contributed by atoms with Crippen LogP contribution < -0.4 is 0 Å². The first-order valence-electron chi connectivity index (χ1n) is 12.1. The summed E-state index contributed by atoms with van der Waals surface area (Å²) in [6, 6.07) is 3.73. The van der Waals surface area contributed by atoms with Gasteiger partial charge in [-0.25, -0.2) is 8.78 Å². The van der Waals surface area contributed by atoms with Gasteiger partial charge in [-0.3, -0.25) is 0 Å². The number of hydrogen-bond donors (Lipinski definition) is 0. The van der Waals surface area contributed by atoms with E-state index in [-0.39, 0.29) is 5.92 Å². The summed E-state index contributed by atoms with van der Waals surface area (Å²) in [5.41, 5.74) is 0.590. The maximum Gasteiger partial charge on any atom is 0.159 e. The second-order valence-electron chi connectivity index (χ2n) is 7.99. The summed E-state index contributed by atoms with van der Waals surface area (Å²) in [7, 11) is 0. The van der Waals surface area contributed by atoms with Crippen molar-refractivity contribution < 1.29 is 14.3 Å². The molecule has 2 aliphatic rings. The molecule has 0 unspecified atom stereocenters. The summed E-state index contributed by atoms with van der Waals surface area (Å²) in [6.07, 6.45) is 5.40. The van der Waals surface area contributed by atoms with Gasteiger partial charge in [0.2, 0.25) is 0 Å². The van der Waals surface area contributed by atoms with E-state index in [4.69, 9.17) is 5.48 Å². The highest BCUT2D eigenvalue weighted by Crippen LogP contribution is 2.42. The molecule has 2 saturated carbocycles. The first kappa shape index (κ1) is 14.2. The maximum atomic E-state index is 13.5. The molecular weight excluding hydrogens is 314 g/mol. The lowest BCUT2D eigenvalue weighted by atomic mass is 9.68. The molecule has 1 aromatic carbocycles. The Morgan fingerprint density at radius 1 is 0.880 bits per heavy atom. The van der Waals surface area contributed by atoms with Crippen LogP contribution in [0.3, 0.4) is 0 Å². The van der Waals surface area contributed by atoms with Crippen molar-refractivity contribution in [2.45, 2.75) is 83.9 Å². The zero-order chi connectivity index (χ0) is 21.2. The summed E-state index contributed by atoms with van der Waals surface area (Å²) in [6.45, 7) is 2.22. The molecule has 0 aromatic heterocycles. The molecule has 0 N–H and O–H groups in total. The second kappa shape index (κ2) is 9.14. The lowest BCUT2D eigenvalue weighted by Crippen LogP contribution is -2.26. The van der Waals surface area contributed by atoms with Crippen LogP contribution in [0.5, 0.6) is 0 Å². The van der Waals surface area contributed by atoms with Crippen LogP contribution in [0, 0.1) is 35.3 Å². The Balaban J connectivity index is 1.63. The van der Waals surface area contributed by atoms with E-state index in [1.54, 1.807) is 0 Å². The predicted octanol–water partition coefficient (Wildman–Crippen LogP) is 7.31. The highest BCUT2D eigenvalue weighted by molar-refractivity contribution is 5.17. The fourth-order valence-electron chi connectivity index (χ4n) is 4.63. The molecule has 0 saturated heterocycles. The maximum absolute atomic E-state index is 13.5. The normalized spacial score (nSPS) is 36.8. The average molecular weight is 353 g/mol. The van der Waals surface area contributed by atoms with E-state index >= 15 is 0 Å². The third-order valence-corrected chi connectivity index (χ3v) is 6.21. The first-order chi connectivity index (χ1) is 13.6. The molecule has 0 amide bonds. The molecule has 2 fully saturated rings. The molecule has 0 spiro atoms. The van der Waals surface area contributed by atoms with Crippen LogP contribution >= 0.6 is 0 Å². The van der Waals surface area contributed by atoms with Crippen LogP contribution in [0.1, 0.15) is 88.5 Å². The SMILES string of the molecule is [2H]C1([2H])CC([C@H]2CC[C@H](CCC)CC2)CC([2H])([2H])C1CCc1ccc(F)c(F)c1. The standard InChI is InChI=1S/C23H34F2/c1-2-3-17-6-11-20(12-7-17)21-13-8-18(9-14-21)4-5-19-10-15-22(24)23(25)16-19/h10,15-18,20-21H,2-9,11-14H2,1H3/t17-,18?,20-,21?/i8D2,9D2. The zero-order valence-electron chi connectivity index (χ0n) is 19.4. The number of hydrogen-bond acceptors (Lipinski definition) is 0. The third kappa shape index (κ3) is 5.28. The second-order valence-corrected chi connectivity index (χ2v) is 7.99. The van der Waals surface area contributed by atoms with Gasteiger partial charge in [-0.2, -0.15) is 0 Å². The fourth-order valence-corrected chi connectivity index (χ4v) is 4.63. The van der Waals surface area contributed by atoms with Gasteiger partial charge in [-0.05, 0) is 79.9 Å². The predicted molar refractivity (Wildman–Crippen MR) is 100 cm³/mol. The molecule has 140 valence electrons. The van der Waals surface area contributed by atoms with E-state index in [0.29, 0.717) is 37.2 Å². The third-order valence-electron chi connectivity index (χ3n) is 6.21. The number of aryl methyl sites for hydroxylation is 1. The Hall–Kier alpha value is -0.920. The topological polar surface area (TPSA) is 0 Å². The van der Waals surface area contributed by atoms with Crippen LogP contribution in [-0.2, 0) is 6.42 Å². The molecule has 1 aromatic rings. The van der Waals surface area contributed by atoms with E-state index in [0.717, 1.165) is 30.9 Å². The molecule has 0 bridgehead atoms. The minimum absolute atomic E-state index is 0.0992. The van der Waals surface area contributed by atoms with Crippen molar-refractivity contribution in [3.63, 3.8) is 0 Å². The smallest absolute Gasteiger partial charge is 0.159 e. The van der Waals surface area contributed by atoms with E-state index in [1.807, 2.05) is 0 Å². The van der Waals surface area contributed by atoms with Crippen LogP contribution in [0.4, 0.5) is 8.78 Å². The molecule has 25 heavy (non-hydrogen) atoms. The molecule has 2 heteroatoms. The van der Waals surface area contributed by atoms with E-state index < -0.39 is 30.3 Å². The van der Waals surface area contributed by atoms with Crippen LogP contribution in [0.2, 0.25) is 0 Å². The van der Waals surface area contributed by atoms with Crippen molar-refractivity contribution in [3.05, 3.63) is 35.4 Å². The summed E-state index contributed by atoms with van der Waals surface area (Å²) in [4.78, 5) is 0. The Labute approximate surface area is 158 Å². The highest BCUT2D eigenvalue weighted by Gasteiger charge is 2.30. The number of rotatable bonds is 6. The minimum Gasteiger partial charge on any atom is -0.204 e. The summed E-state index contributed by atoms with van der Waals surface area (Å²) < 4.78 is 61.1. The van der Waals surface area contributed by atoms with Crippen LogP contribution in [-0.4, -0.2) is 0 Å². The fraction of sp³-hybridized carbons (Fsp3) is 0.739. The lowest BCUT2D eigenvalue weighted by Gasteiger charge is -2.38. The van der Waals surface area contributed by atoms with Gasteiger partial charge in [0.1, 0.15) is 0 Å². The molecule has 2 aliphatic carbocycles. The van der Waals surface area contributed by atoms with Gasteiger partial charge in [0.05, 0.1) is 0 Å². The first-order valence-corrected chi connectivity index (χ1v) is 10.1. The molecular formula is C23H34F2. The summed E-state index contributed by atoms with van der Waals surface area (Å²) >= 11 is 0. The molecule has 3 rings (SSSR count). The van der Waals surface area contributed by atoms with Crippen molar-refractivity contribution in [1.29, 1.82) is 0 Å². The van der Waals surface area contributed by atoms with E-state index in [9.17, 15) is 8.78 Å². The van der Waals surface area contributed by atoms with Crippen molar-refractivity contribution in [3.8, 4) is 0 Å². The lowest BCUT2D eigenvalue weighted by molar-refractivity contribution is 0.141. The van der Waals surface area contributed by atoms with Gasteiger partial charge in [0.25, 0.3) is 0 Å². The van der Waals surface area contributed by atoms with Crippen LogP contribution in [0.15, 0.2) is 18.2 Å². The quantitative estimate of drug-likeness (QED) is 0.503. The van der Waals surface area contributed by atoms with Gasteiger partial charge in [0, 0.05) is 5.48 Å². The van der Waals surface area contributed by atoms with E-state index in [2.05, 4.69) is 6.92 Å². The van der Waals surface area contributed by atoms with Gasteiger partial charge in [0.15, 0.2) is 11.6 Å². The zero-order valence-corrected chi connectivity index (χ0v) is 15.4. The van der Waals surface area contributed by atoms with Gasteiger partial charge in [-0.1, -0.05) is 51.4 Å². The van der Waals surface area contributed by atoms with Gasteiger partial charge >= 0.3 is 0 Å². The molecule has 0 radical (unpaired) electrons. The number of halogens is 2. The van der Waals surface area contributed by atoms with Crippen molar-refractivity contribution in [1.82, 2.24) is 0 Å². The van der Waals surface area contributed by atoms with Gasteiger partial charge in [-0.15, -0.1) is 0 Å². The summed E-state index contributed by atoms with van der Waals surface area (Å²) in [5, 5.41) is 0. The van der Waals surface area contributed by atoms with Crippen molar-refractivity contribution >= 4 is 0 Å². The largest absolute Gasteiger partial charge is 0.204 e. The Morgan fingerprint density at radius 3 is 2.20 bits per heavy atom. The van der Waals surface area contributed by atoms with Crippen molar-refractivity contribution in [2.75, 3.05) is 0 Å². The molecule has 0 atom stereocenters.